The summed E-state index contributed by atoms with van der Waals surface area (Å²) in [6, 6.07) is 8.00. The van der Waals surface area contributed by atoms with Gasteiger partial charge in [-0.3, -0.25) is 5.43 Å². The first kappa shape index (κ1) is 13.3. The topological polar surface area (TPSA) is 104 Å². The summed E-state index contributed by atoms with van der Waals surface area (Å²) in [5, 5.41) is 5.30. The lowest BCUT2D eigenvalue weighted by molar-refractivity contribution is 0.291. The molecule has 3 N–H and O–H groups in total. The summed E-state index contributed by atoms with van der Waals surface area (Å²) in [4.78, 5) is 12.5. The highest BCUT2D eigenvalue weighted by molar-refractivity contribution is 5.79. The average molecular weight is 285 g/mol. The molecule has 3 aromatic rings. The minimum atomic E-state index is 0.217. The number of nitrogens with zero attached hydrogens (tertiary/aromatic N) is 5. The van der Waals surface area contributed by atoms with Crippen molar-refractivity contribution < 1.29 is 4.74 Å². The summed E-state index contributed by atoms with van der Waals surface area (Å²) in [7, 11) is 0. The van der Waals surface area contributed by atoms with Crippen molar-refractivity contribution in [3.8, 4) is 12.0 Å². The summed E-state index contributed by atoms with van der Waals surface area (Å²) >= 11 is 0. The van der Waals surface area contributed by atoms with Gasteiger partial charge < -0.3 is 4.74 Å². The molecule has 0 atom stereocenters. The van der Waals surface area contributed by atoms with Crippen molar-refractivity contribution in [2.24, 2.45) is 5.84 Å². The first-order valence-corrected chi connectivity index (χ1v) is 6.60. The van der Waals surface area contributed by atoms with Gasteiger partial charge in [0.15, 0.2) is 0 Å². The second-order valence-corrected chi connectivity index (χ2v) is 4.35. The van der Waals surface area contributed by atoms with E-state index in [9.17, 15) is 0 Å². The second-order valence-electron chi connectivity index (χ2n) is 4.35. The molecule has 1 aromatic carbocycles. The molecular formula is C13H15N7O. The summed E-state index contributed by atoms with van der Waals surface area (Å²) in [6.45, 7) is 2.53. The number of hydrogen-bond acceptors (Lipinski definition) is 7. The normalized spacial score (nSPS) is 10.8. The van der Waals surface area contributed by atoms with Crippen LogP contribution in [0.1, 0.15) is 13.3 Å². The molecule has 0 spiro atoms. The molecule has 108 valence electrons. The zero-order chi connectivity index (χ0) is 14.7. The predicted molar refractivity (Wildman–Crippen MR) is 78.1 cm³/mol. The quantitative estimate of drug-likeness (QED) is 0.537. The minimum absolute atomic E-state index is 0.217. The van der Waals surface area contributed by atoms with Crippen LogP contribution in [0, 0.1) is 0 Å². The van der Waals surface area contributed by atoms with Gasteiger partial charge in [0.05, 0.1) is 18.3 Å². The van der Waals surface area contributed by atoms with Crippen molar-refractivity contribution >= 4 is 16.9 Å². The number of para-hydroxylation sites is 1. The summed E-state index contributed by atoms with van der Waals surface area (Å²) in [5.41, 5.74) is 3.31. The molecule has 3 rings (SSSR count). The number of nitrogens with two attached hydrogens (primary N) is 1. The SMILES string of the molecule is CCCOc1nc(NN)nc(-n2ncc3ccccc32)n1. The van der Waals surface area contributed by atoms with Crippen molar-refractivity contribution in [1.29, 1.82) is 0 Å². The van der Waals surface area contributed by atoms with Gasteiger partial charge in [-0.05, 0) is 12.5 Å². The molecule has 0 amide bonds. The highest BCUT2D eigenvalue weighted by Gasteiger charge is 2.11. The Labute approximate surface area is 121 Å². The van der Waals surface area contributed by atoms with Crippen LogP contribution in [-0.2, 0) is 0 Å². The minimum Gasteiger partial charge on any atom is -0.463 e. The summed E-state index contributed by atoms with van der Waals surface area (Å²) < 4.78 is 7.07. The molecule has 21 heavy (non-hydrogen) atoms. The Kier molecular flexibility index (Phi) is 3.61. The van der Waals surface area contributed by atoms with Gasteiger partial charge in [0, 0.05) is 5.39 Å². The van der Waals surface area contributed by atoms with Gasteiger partial charge >= 0.3 is 6.01 Å². The fourth-order valence-electron chi connectivity index (χ4n) is 1.89. The van der Waals surface area contributed by atoms with Crippen molar-refractivity contribution in [3.05, 3.63) is 30.5 Å². The summed E-state index contributed by atoms with van der Waals surface area (Å²) in [5.74, 6) is 5.97. The van der Waals surface area contributed by atoms with Crippen molar-refractivity contribution in [2.75, 3.05) is 12.0 Å². The maximum absolute atomic E-state index is 5.45. The van der Waals surface area contributed by atoms with Gasteiger partial charge in [-0.1, -0.05) is 25.1 Å². The number of nitrogens with one attached hydrogen (secondary N) is 1. The zero-order valence-electron chi connectivity index (χ0n) is 11.5. The Bertz CT molecular complexity index is 755. The van der Waals surface area contributed by atoms with E-state index in [1.165, 1.54) is 0 Å². The fourth-order valence-corrected chi connectivity index (χ4v) is 1.89. The first-order chi connectivity index (χ1) is 10.3. The van der Waals surface area contributed by atoms with Crippen LogP contribution in [0.5, 0.6) is 6.01 Å². The summed E-state index contributed by atoms with van der Waals surface area (Å²) in [6.07, 6.45) is 2.61. The lowest BCUT2D eigenvalue weighted by Gasteiger charge is -2.07. The molecule has 0 aliphatic carbocycles. The molecule has 0 aliphatic heterocycles. The Morgan fingerprint density at radius 3 is 2.90 bits per heavy atom. The Hall–Kier alpha value is -2.74. The molecular weight excluding hydrogens is 270 g/mol. The van der Waals surface area contributed by atoms with Crippen molar-refractivity contribution in [3.63, 3.8) is 0 Å². The third kappa shape index (κ3) is 2.61. The van der Waals surface area contributed by atoms with Crippen LogP contribution in [0.25, 0.3) is 16.9 Å². The highest BCUT2D eigenvalue weighted by atomic mass is 16.5. The molecule has 0 fully saturated rings. The maximum atomic E-state index is 5.45. The zero-order valence-corrected chi connectivity index (χ0v) is 11.5. The van der Waals surface area contributed by atoms with Crippen LogP contribution >= 0.6 is 0 Å². The van der Waals surface area contributed by atoms with Crippen LogP contribution in [0.3, 0.4) is 0 Å². The molecule has 2 heterocycles. The lowest BCUT2D eigenvalue weighted by atomic mass is 10.3. The van der Waals surface area contributed by atoms with Gasteiger partial charge in [0.2, 0.25) is 5.95 Å². The third-order valence-electron chi connectivity index (χ3n) is 2.83. The molecule has 0 unspecified atom stereocenters. The molecule has 0 aliphatic rings. The molecule has 8 nitrogen and oxygen atoms in total. The fraction of sp³-hybridized carbons (Fsp3) is 0.231. The van der Waals surface area contributed by atoms with Crippen molar-refractivity contribution in [2.45, 2.75) is 13.3 Å². The van der Waals surface area contributed by atoms with E-state index in [-0.39, 0.29) is 12.0 Å². The molecule has 0 saturated heterocycles. The number of rotatable bonds is 5. The first-order valence-electron chi connectivity index (χ1n) is 6.60. The van der Waals surface area contributed by atoms with E-state index >= 15 is 0 Å². The van der Waals surface area contributed by atoms with Crippen LogP contribution < -0.4 is 16.0 Å². The van der Waals surface area contributed by atoms with Crippen LogP contribution in [-0.4, -0.2) is 31.3 Å². The number of nitrogen functional groups attached to an aromatic ring is 1. The van der Waals surface area contributed by atoms with E-state index in [2.05, 4.69) is 25.5 Å². The van der Waals surface area contributed by atoms with Gasteiger partial charge in [-0.15, -0.1) is 0 Å². The van der Waals surface area contributed by atoms with E-state index in [1.807, 2.05) is 31.2 Å². The van der Waals surface area contributed by atoms with E-state index in [0.717, 1.165) is 17.3 Å². The predicted octanol–water partition coefficient (Wildman–Crippen LogP) is 1.28. The molecule has 2 aromatic heterocycles. The highest BCUT2D eigenvalue weighted by Crippen LogP contribution is 2.17. The Morgan fingerprint density at radius 1 is 1.24 bits per heavy atom. The van der Waals surface area contributed by atoms with Crippen LogP contribution in [0.2, 0.25) is 0 Å². The van der Waals surface area contributed by atoms with E-state index in [1.54, 1.807) is 10.9 Å². The van der Waals surface area contributed by atoms with Gasteiger partial charge in [0.1, 0.15) is 0 Å². The lowest BCUT2D eigenvalue weighted by Crippen LogP contribution is -2.15. The van der Waals surface area contributed by atoms with Gasteiger partial charge in [-0.2, -0.15) is 24.7 Å². The monoisotopic (exact) mass is 285 g/mol. The number of fused-ring (bicyclic) bond motifs is 1. The second kappa shape index (κ2) is 5.71. The molecule has 8 heteroatoms. The maximum Gasteiger partial charge on any atom is 0.323 e. The average Bonchev–Trinajstić information content (AvgIpc) is 2.96. The molecule has 0 radical (unpaired) electrons. The Balaban J connectivity index is 2.08. The molecule has 0 bridgehead atoms. The number of hydrazine groups is 1. The van der Waals surface area contributed by atoms with E-state index in [4.69, 9.17) is 10.6 Å². The van der Waals surface area contributed by atoms with Crippen LogP contribution in [0.15, 0.2) is 30.5 Å². The van der Waals surface area contributed by atoms with Crippen molar-refractivity contribution in [1.82, 2.24) is 24.7 Å². The smallest absolute Gasteiger partial charge is 0.323 e. The van der Waals surface area contributed by atoms with Gasteiger partial charge in [-0.25, -0.2) is 5.84 Å². The van der Waals surface area contributed by atoms with E-state index < -0.39 is 0 Å². The number of ether oxygens (including phenoxy) is 1. The van der Waals surface area contributed by atoms with E-state index in [0.29, 0.717) is 12.6 Å². The van der Waals surface area contributed by atoms with Crippen LogP contribution in [0.4, 0.5) is 5.95 Å². The largest absolute Gasteiger partial charge is 0.463 e. The number of hydrogen-bond donors (Lipinski definition) is 2. The number of aromatic nitrogens is 5. The molecule has 0 saturated carbocycles. The van der Waals surface area contributed by atoms with Gasteiger partial charge in [0.25, 0.3) is 5.95 Å². The third-order valence-corrected chi connectivity index (χ3v) is 2.83. The standard InChI is InChI=1S/C13H15N7O/c1-2-7-21-13-17-11(19-14)16-12(18-13)20-10-6-4-3-5-9(10)8-15-20/h3-6,8H,2,7,14H2,1H3,(H,16,17,18,19). The Morgan fingerprint density at radius 2 is 2.10 bits per heavy atom. The number of anilines is 1. The number of benzene rings is 1.